The van der Waals surface area contributed by atoms with E-state index in [1.807, 2.05) is 30.0 Å². The summed E-state index contributed by atoms with van der Waals surface area (Å²) in [5.41, 5.74) is 3.11. The molecule has 1 aromatic heterocycles. The summed E-state index contributed by atoms with van der Waals surface area (Å²) < 4.78 is 0. The van der Waals surface area contributed by atoms with Crippen molar-refractivity contribution in [1.82, 2.24) is 14.9 Å². The van der Waals surface area contributed by atoms with Crippen LogP contribution in [0.2, 0.25) is 0 Å². The molecule has 7 heteroatoms. The zero-order chi connectivity index (χ0) is 20.2. The van der Waals surface area contributed by atoms with Crippen molar-refractivity contribution in [2.45, 2.75) is 32.3 Å². The number of nitrogens with zero attached hydrogens (tertiary/aromatic N) is 5. The van der Waals surface area contributed by atoms with E-state index in [1.54, 1.807) is 12.4 Å². The number of piperazine rings is 1. The van der Waals surface area contributed by atoms with Gasteiger partial charge in [0.25, 0.3) is 0 Å². The molecule has 0 aliphatic carbocycles. The molecule has 0 radical (unpaired) electrons. The average Bonchev–Trinajstić information content (AvgIpc) is 2.78. The third-order valence-electron chi connectivity index (χ3n) is 5.85. The second-order valence-corrected chi connectivity index (χ2v) is 7.74. The van der Waals surface area contributed by atoms with Gasteiger partial charge in [-0.3, -0.25) is 9.69 Å². The van der Waals surface area contributed by atoms with Gasteiger partial charge in [0.05, 0.1) is 6.10 Å². The summed E-state index contributed by atoms with van der Waals surface area (Å²) in [6.45, 7) is 6.76. The van der Waals surface area contributed by atoms with Gasteiger partial charge in [0.15, 0.2) is 0 Å². The number of amides is 1. The van der Waals surface area contributed by atoms with Crippen LogP contribution in [-0.4, -0.2) is 65.2 Å². The molecule has 3 heterocycles. The maximum absolute atomic E-state index is 12.2. The van der Waals surface area contributed by atoms with Crippen LogP contribution < -0.4 is 9.80 Å². The van der Waals surface area contributed by atoms with E-state index in [4.69, 9.17) is 0 Å². The van der Waals surface area contributed by atoms with Crippen LogP contribution in [0.1, 0.15) is 37.0 Å². The number of hydrogen-bond donors (Lipinski definition) is 1. The van der Waals surface area contributed by atoms with E-state index in [0.29, 0.717) is 13.0 Å². The van der Waals surface area contributed by atoms with E-state index in [-0.39, 0.29) is 5.91 Å². The normalized spacial score (nSPS) is 18.4. The standard InChI is InChI=1S/C22H29N5O2/c1-2-21(29)27-10-3-5-17-15-18(6-7-19(17)27)20(28)16-25-11-13-26(14-12-25)22-23-8-4-9-24-22/h4,6-9,15,20,28H,2-3,5,10-14,16H2,1H3/t20-/m1/s1. The summed E-state index contributed by atoms with van der Waals surface area (Å²) in [4.78, 5) is 27.2. The Bertz CT molecular complexity index is 836. The van der Waals surface area contributed by atoms with Gasteiger partial charge in [-0.25, -0.2) is 9.97 Å². The van der Waals surface area contributed by atoms with E-state index < -0.39 is 6.10 Å². The van der Waals surface area contributed by atoms with E-state index in [0.717, 1.165) is 62.8 Å². The van der Waals surface area contributed by atoms with Crippen LogP contribution in [0.15, 0.2) is 36.7 Å². The van der Waals surface area contributed by atoms with Crippen LogP contribution in [0, 0.1) is 0 Å². The van der Waals surface area contributed by atoms with Crippen LogP contribution in [0.5, 0.6) is 0 Å². The van der Waals surface area contributed by atoms with Gasteiger partial charge in [0.2, 0.25) is 11.9 Å². The fourth-order valence-corrected chi connectivity index (χ4v) is 4.21. The Morgan fingerprint density at radius 2 is 1.90 bits per heavy atom. The molecule has 0 unspecified atom stereocenters. The third-order valence-corrected chi connectivity index (χ3v) is 5.85. The number of aliphatic hydroxyl groups is 1. The van der Waals surface area contributed by atoms with Gasteiger partial charge in [0, 0.05) is 63.8 Å². The van der Waals surface area contributed by atoms with Crippen molar-refractivity contribution >= 4 is 17.5 Å². The van der Waals surface area contributed by atoms with E-state index in [2.05, 4.69) is 25.8 Å². The number of rotatable bonds is 5. The lowest BCUT2D eigenvalue weighted by molar-refractivity contribution is -0.118. The number of hydrogen-bond acceptors (Lipinski definition) is 6. The zero-order valence-electron chi connectivity index (χ0n) is 17.0. The summed E-state index contributed by atoms with van der Waals surface area (Å²) in [6.07, 6.45) is 5.45. The Morgan fingerprint density at radius 1 is 1.14 bits per heavy atom. The first-order valence-corrected chi connectivity index (χ1v) is 10.5. The molecule has 0 spiro atoms. The fraction of sp³-hybridized carbons (Fsp3) is 0.500. The molecular weight excluding hydrogens is 366 g/mol. The van der Waals surface area contributed by atoms with E-state index in [9.17, 15) is 9.90 Å². The monoisotopic (exact) mass is 395 g/mol. The highest BCUT2D eigenvalue weighted by atomic mass is 16.3. The van der Waals surface area contributed by atoms with Crippen molar-refractivity contribution in [3.05, 3.63) is 47.8 Å². The molecule has 0 bridgehead atoms. The molecule has 154 valence electrons. The molecule has 1 N–H and O–H groups in total. The molecule has 0 saturated carbocycles. The number of carbonyl (C=O) groups excluding carboxylic acids is 1. The lowest BCUT2D eigenvalue weighted by Gasteiger charge is -2.35. The van der Waals surface area contributed by atoms with Gasteiger partial charge >= 0.3 is 0 Å². The second-order valence-electron chi connectivity index (χ2n) is 7.74. The van der Waals surface area contributed by atoms with Crippen LogP contribution in [0.25, 0.3) is 0 Å². The van der Waals surface area contributed by atoms with Crippen molar-refractivity contribution in [3.63, 3.8) is 0 Å². The quantitative estimate of drug-likeness (QED) is 0.835. The Balaban J connectivity index is 1.37. The highest BCUT2D eigenvalue weighted by molar-refractivity contribution is 5.94. The molecule has 1 saturated heterocycles. The third kappa shape index (κ3) is 4.41. The van der Waals surface area contributed by atoms with Gasteiger partial charge in [-0.15, -0.1) is 0 Å². The molecular formula is C22H29N5O2. The molecule has 2 aromatic rings. The van der Waals surface area contributed by atoms with Crippen molar-refractivity contribution in [3.8, 4) is 0 Å². The van der Waals surface area contributed by atoms with Crippen LogP contribution in [0.4, 0.5) is 11.6 Å². The first-order chi connectivity index (χ1) is 14.2. The number of aryl methyl sites for hydroxylation is 1. The van der Waals surface area contributed by atoms with Crippen LogP contribution in [0.3, 0.4) is 0 Å². The van der Waals surface area contributed by atoms with Crippen molar-refractivity contribution in [2.75, 3.05) is 49.1 Å². The van der Waals surface area contributed by atoms with Crippen LogP contribution >= 0.6 is 0 Å². The summed E-state index contributed by atoms with van der Waals surface area (Å²) in [7, 11) is 0. The molecule has 1 fully saturated rings. The highest BCUT2D eigenvalue weighted by Crippen LogP contribution is 2.30. The minimum Gasteiger partial charge on any atom is -0.387 e. The summed E-state index contributed by atoms with van der Waals surface area (Å²) in [5, 5.41) is 10.8. The Kier molecular flexibility index (Phi) is 6.06. The SMILES string of the molecule is CCC(=O)N1CCCc2cc([C@H](O)CN3CCN(c4ncccn4)CC3)ccc21. The Labute approximate surface area is 172 Å². The number of benzene rings is 1. The molecule has 4 rings (SSSR count). The van der Waals surface area contributed by atoms with Crippen molar-refractivity contribution < 1.29 is 9.90 Å². The average molecular weight is 396 g/mol. The Morgan fingerprint density at radius 3 is 2.62 bits per heavy atom. The van der Waals surface area contributed by atoms with Gasteiger partial charge in [-0.2, -0.15) is 0 Å². The lowest BCUT2D eigenvalue weighted by atomic mass is 9.96. The number of anilines is 2. The summed E-state index contributed by atoms with van der Waals surface area (Å²) >= 11 is 0. The fourth-order valence-electron chi connectivity index (χ4n) is 4.21. The summed E-state index contributed by atoms with van der Waals surface area (Å²) in [5.74, 6) is 0.938. The zero-order valence-corrected chi connectivity index (χ0v) is 17.0. The number of fused-ring (bicyclic) bond motifs is 1. The highest BCUT2D eigenvalue weighted by Gasteiger charge is 2.24. The first kappa shape index (κ1) is 19.8. The Hall–Kier alpha value is -2.51. The molecule has 1 amide bonds. The first-order valence-electron chi connectivity index (χ1n) is 10.5. The van der Waals surface area contributed by atoms with Gasteiger partial charge in [0.1, 0.15) is 0 Å². The largest absolute Gasteiger partial charge is 0.387 e. The molecule has 1 atom stereocenters. The van der Waals surface area contributed by atoms with E-state index >= 15 is 0 Å². The number of β-amino-alcohol motifs (C(OH)–C–C–N with tert-alkyl or cyclic N) is 1. The number of aromatic nitrogens is 2. The lowest BCUT2D eigenvalue weighted by Crippen LogP contribution is -2.48. The topological polar surface area (TPSA) is 72.8 Å². The van der Waals surface area contributed by atoms with Gasteiger partial charge in [-0.1, -0.05) is 19.1 Å². The molecule has 2 aliphatic rings. The smallest absolute Gasteiger partial charge is 0.226 e. The maximum Gasteiger partial charge on any atom is 0.226 e. The number of aliphatic hydroxyl groups excluding tert-OH is 1. The molecule has 1 aromatic carbocycles. The van der Waals surface area contributed by atoms with Gasteiger partial charge in [-0.05, 0) is 36.1 Å². The van der Waals surface area contributed by atoms with Crippen LogP contribution in [-0.2, 0) is 11.2 Å². The molecule has 2 aliphatic heterocycles. The van der Waals surface area contributed by atoms with Crippen molar-refractivity contribution in [1.29, 1.82) is 0 Å². The second kappa shape index (κ2) is 8.88. The molecule has 29 heavy (non-hydrogen) atoms. The molecule has 7 nitrogen and oxygen atoms in total. The summed E-state index contributed by atoms with van der Waals surface area (Å²) in [6, 6.07) is 7.89. The minimum atomic E-state index is -0.530. The number of carbonyl (C=O) groups is 1. The maximum atomic E-state index is 12.2. The van der Waals surface area contributed by atoms with E-state index in [1.165, 1.54) is 5.56 Å². The van der Waals surface area contributed by atoms with Gasteiger partial charge < -0.3 is 14.9 Å². The van der Waals surface area contributed by atoms with Crippen molar-refractivity contribution in [2.24, 2.45) is 0 Å². The predicted molar refractivity (Wildman–Crippen MR) is 113 cm³/mol. The predicted octanol–water partition coefficient (Wildman–Crippen LogP) is 2.02. The minimum absolute atomic E-state index is 0.166.